The number of amides is 4. The molecule has 6 aromatic rings. The first-order valence-electron chi connectivity index (χ1n) is 19.0. The molecule has 0 unspecified atom stereocenters. The fourth-order valence-corrected chi connectivity index (χ4v) is 11.0. The Morgan fingerprint density at radius 1 is 0.385 bits per heavy atom. The van der Waals surface area contributed by atoms with Crippen LogP contribution in [0.25, 0.3) is 21.5 Å². The molecule has 0 saturated heterocycles. The van der Waals surface area contributed by atoms with Gasteiger partial charge in [-0.25, -0.2) is 55.3 Å². The van der Waals surface area contributed by atoms with Crippen LogP contribution in [0, 0.1) is 0 Å². The number of anilines is 4. The third-order valence-electron chi connectivity index (χ3n) is 10.0. The second-order valence-electron chi connectivity index (χ2n) is 14.7. The maximum absolute atomic E-state index is 13.7. The molecule has 4 N–H and O–H groups in total. The largest absolute Gasteiger partial charge is 1.00 e. The molecule has 0 aromatic heterocycles. The Hall–Kier alpha value is -0.570. The van der Waals surface area contributed by atoms with Gasteiger partial charge in [0.15, 0.2) is 0 Å². The van der Waals surface area contributed by atoms with Crippen LogP contribution in [0.15, 0.2) is 114 Å². The van der Waals surface area contributed by atoms with Crippen LogP contribution in [-0.4, -0.2) is 110 Å². The summed E-state index contributed by atoms with van der Waals surface area (Å²) in [6, 6.07) is 9.24. The summed E-state index contributed by atoms with van der Waals surface area (Å²) in [5.74, 6) is -2.32. The van der Waals surface area contributed by atoms with Gasteiger partial charge >= 0.3 is 183 Å². The molecular weight excluding hydrogens is 1220 g/mol. The Kier molecular flexibility index (Phi) is 29.8. The van der Waals surface area contributed by atoms with Crippen molar-refractivity contribution in [2.75, 3.05) is 35.5 Å². The van der Waals surface area contributed by atoms with Crippen LogP contribution >= 0.6 is 0 Å². The number of ether oxygens (including phenoxy) is 2. The minimum Gasteiger partial charge on any atom is -0.744 e. The second-order valence-corrected chi connectivity index (χ2v) is 22.9. The van der Waals surface area contributed by atoms with Gasteiger partial charge in [0.1, 0.15) is 60.7 Å². The predicted octanol–water partition coefficient (Wildman–Crippen LogP) is -16.1. The Balaban J connectivity index is 0.00000988. The van der Waals surface area contributed by atoms with E-state index >= 15 is 0 Å². The number of carbonyl (C=O) groups is 3. The van der Waals surface area contributed by atoms with E-state index in [4.69, 9.17) is 9.47 Å². The van der Waals surface area contributed by atoms with E-state index in [2.05, 4.69) is 21.3 Å². The summed E-state index contributed by atoms with van der Waals surface area (Å²) in [5, 5.41) is 5.34. The summed E-state index contributed by atoms with van der Waals surface area (Å²) >= 11 is 0. The van der Waals surface area contributed by atoms with Gasteiger partial charge in [0.05, 0.1) is 54.0 Å². The molecule has 0 aliphatic rings. The minimum atomic E-state index is -5.79. The third kappa shape index (κ3) is 18.7. The molecule has 78 heavy (non-hydrogen) atoms. The number of hydrogen-bond acceptors (Lipinski definition) is 23. The summed E-state index contributed by atoms with van der Waals surface area (Å²) < 4.78 is 228. The van der Waals surface area contributed by atoms with E-state index in [0.29, 0.717) is 36.4 Å². The number of rotatable bonds is 16. The molecule has 4 amide bonds. The van der Waals surface area contributed by atoms with E-state index in [1.165, 1.54) is 26.4 Å². The normalized spacial score (nSPS) is 11.7. The van der Waals surface area contributed by atoms with Crippen LogP contribution in [-0.2, 0) is 83.4 Å². The van der Waals surface area contributed by atoms with Gasteiger partial charge in [-0.05, 0) is 72.8 Å². The van der Waals surface area contributed by atoms with Crippen molar-refractivity contribution in [1.29, 1.82) is 0 Å². The molecule has 6 rings (SSSR count). The van der Waals surface area contributed by atoms with E-state index in [9.17, 15) is 92.2 Å². The molecule has 0 radical (unpaired) electrons. The van der Waals surface area contributed by atoms with Gasteiger partial charge in [0.2, 0.25) is 0 Å². The first-order chi connectivity index (χ1) is 33.1. The molecule has 0 heterocycles. The molecule has 0 spiro atoms. The van der Waals surface area contributed by atoms with E-state index in [1.54, 1.807) is 0 Å². The third-order valence-corrected chi connectivity index (χ3v) is 15.2. The number of carbonyl (C=O) groups excluding carboxylic acids is 3. The summed E-state index contributed by atoms with van der Waals surface area (Å²) in [6.07, 6.45) is 0. The van der Waals surface area contributed by atoms with Crippen LogP contribution in [0.5, 0.6) is 0 Å². The summed E-state index contributed by atoms with van der Waals surface area (Å²) in [6.45, 7) is -0.458. The number of fused-ring (bicyclic) bond motifs is 2. The standard InChI is InChI=1S/C39H34N4O23S6.6Na/c1-65-17-21-5-3-19(37(44)40-27-7-9-31(69(53,54)55)25-13-23(67(47,48)49)15-33(35(25)27)71(59,60)61)11-29(21)42-39(46)43-30-12-20(4-6-22(30)18-66-2)38(45)41-28-8-10-32(70(56,57)58)26-14-24(68(50,51)52)16-34(36(26)28)72(62,63)64;;;;;;/h3-16H,17-18H2,1-2H3,(H,40,44)(H,41,45)(H2,42,43,46)(H,47,48,49)(H,50,51,52)(H,53,54,55)(H,56,57,58)(H,59,60,61)(H,62,63,64);;;;;;/q;6*+1/p-6. The molecule has 0 bridgehead atoms. The maximum Gasteiger partial charge on any atom is 1.00 e. The summed E-state index contributed by atoms with van der Waals surface area (Å²) in [7, 11) is -31.4. The van der Waals surface area contributed by atoms with Crippen molar-refractivity contribution in [2.24, 2.45) is 0 Å². The predicted molar refractivity (Wildman–Crippen MR) is 239 cm³/mol. The number of methoxy groups -OCH3 is 2. The molecule has 0 fully saturated rings. The van der Waals surface area contributed by atoms with Crippen molar-refractivity contribution in [3.05, 3.63) is 107 Å². The zero-order valence-corrected chi connectivity index (χ0v) is 58.7. The van der Waals surface area contributed by atoms with Crippen molar-refractivity contribution in [3.63, 3.8) is 0 Å². The van der Waals surface area contributed by atoms with Gasteiger partial charge in [-0.1, -0.05) is 12.1 Å². The Morgan fingerprint density at radius 3 is 0.962 bits per heavy atom. The van der Waals surface area contributed by atoms with Crippen molar-refractivity contribution >= 4 is 123 Å². The van der Waals surface area contributed by atoms with Gasteiger partial charge in [0.25, 0.3) is 11.8 Å². The summed E-state index contributed by atoms with van der Waals surface area (Å²) in [4.78, 5) is 32.8. The van der Waals surface area contributed by atoms with Crippen LogP contribution in [0.2, 0.25) is 0 Å². The van der Waals surface area contributed by atoms with Crippen LogP contribution in [0.1, 0.15) is 31.8 Å². The molecule has 27 nitrogen and oxygen atoms in total. The maximum atomic E-state index is 13.7. The molecule has 0 aliphatic heterocycles. The van der Waals surface area contributed by atoms with Gasteiger partial charge < -0.3 is 58.1 Å². The molecular formula is C39H28N4Na6O23S6. The first-order valence-corrected chi connectivity index (χ1v) is 27.5. The molecule has 0 saturated carbocycles. The van der Waals surface area contributed by atoms with Crippen LogP contribution in [0.4, 0.5) is 27.5 Å². The van der Waals surface area contributed by atoms with E-state index in [1.807, 2.05) is 0 Å². The molecule has 0 aliphatic carbocycles. The van der Waals surface area contributed by atoms with E-state index < -0.39 is 141 Å². The van der Waals surface area contributed by atoms with Gasteiger partial charge in [-0.15, -0.1) is 0 Å². The van der Waals surface area contributed by atoms with Crippen molar-refractivity contribution in [3.8, 4) is 0 Å². The van der Waals surface area contributed by atoms with Crippen LogP contribution in [0.3, 0.4) is 0 Å². The number of hydrogen-bond donors (Lipinski definition) is 4. The van der Waals surface area contributed by atoms with E-state index in [-0.39, 0.29) is 236 Å². The Morgan fingerprint density at radius 2 is 0.692 bits per heavy atom. The van der Waals surface area contributed by atoms with E-state index in [0.717, 1.165) is 24.3 Å². The molecule has 6 aromatic carbocycles. The number of benzene rings is 6. The number of nitrogens with one attached hydrogen (secondary N) is 4. The quantitative estimate of drug-likeness (QED) is 0.0516. The van der Waals surface area contributed by atoms with Gasteiger partial charge in [-0.2, -0.15) is 0 Å². The second kappa shape index (κ2) is 30.0. The van der Waals surface area contributed by atoms with Crippen molar-refractivity contribution in [1.82, 2.24) is 0 Å². The van der Waals surface area contributed by atoms with Crippen molar-refractivity contribution in [2.45, 2.75) is 42.6 Å². The van der Waals surface area contributed by atoms with Gasteiger partial charge in [-0.3, -0.25) is 9.59 Å². The molecule has 384 valence electrons. The fraction of sp³-hybridized carbons (Fsp3) is 0.103. The SMILES string of the molecule is COCc1ccc(C(=O)Nc2ccc(S(=O)(=O)[O-])c3cc(S(=O)(=O)[O-])cc(S(=O)(=O)[O-])c23)cc1NC(=O)Nc1cc(C(=O)Nc2ccc(S(=O)(=O)[O-])c3cc(S(=O)(=O)[O-])cc(S(=O)(=O)[O-])c23)ccc1COC.[Na+].[Na+].[Na+].[Na+].[Na+].[Na+]. The topological polar surface area (TPSA) is 461 Å². The Bertz CT molecular complexity index is 3790. The average molecular weight is 1250 g/mol. The number of urea groups is 1. The zero-order chi connectivity index (χ0) is 53.7. The van der Waals surface area contributed by atoms with Crippen LogP contribution < -0.4 is 199 Å². The fourth-order valence-electron chi connectivity index (χ4n) is 7.01. The monoisotopic (exact) mass is 1250 g/mol. The average Bonchev–Trinajstić information content (AvgIpc) is 3.24. The molecule has 39 heteroatoms. The smallest absolute Gasteiger partial charge is 0.744 e. The minimum absolute atomic E-state index is 0. The first kappa shape index (κ1) is 77.4. The van der Waals surface area contributed by atoms with Crippen molar-refractivity contribution < 1.29 is 279 Å². The Labute approximate surface area is 578 Å². The zero-order valence-electron chi connectivity index (χ0n) is 41.8. The summed E-state index contributed by atoms with van der Waals surface area (Å²) in [5.41, 5.74) is -1.99. The van der Waals surface area contributed by atoms with Gasteiger partial charge in [0, 0.05) is 69.4 Å². The molecule has 0 atom stereocenters.